The topological polar surface area (TPSA) is 87.0 Å². The molecule has 0 aliphatic carbocycles. The molecule has 1 amide bonds. The summed E-state index contributed by atoms with van der Waals surface area (Å²) in [6.07, 6.45) is 1.49. The number of hydrazone groups is 1. The molecule has 8 heteroatoms. The van der Waals surface area contributed by atoms with E-state index in [1.807, 2.05) is 19.9 Å². The van der Waals surface area contributed by atoms with Gasteiger partial charge in [0.15, 0.2) is 11.5 Å². The van der Waals surface area contributed by atoms with Crippen LogP contribution in [0.5, 0.6) is 17.2 Å². The van der Waals surface area contributed by atoms with Gasteiger partial charge in [0.1, 0.15) is 6.54 Å². The van der Waals surface area contributed by atoms with E-state index in [1.165, 1.54) is 20.4 Å². The summed E-state index contributed by atoms with van der Waals surface area (Å²) in [5.41, 5.74) is 4.90. The van der Waals surface area contributed by atoms with E-state index >= 15 is 0 Å². The van der Waals surface area contributed by atoms with E-state index in [-0.39, 0.29) is 12.5 Å². The second kappa shape index (κ2) is 8.18. The minimum Gasteiger partial charge on any atom is -0.493 e. The quantitative estimate of drug-likeness (QED) is 0.609. The van der Waals surface area contributed by atoms with Crippen molar-refractivity contribution < 1.29 is 19.0 Å². The average Bonchev–Trinajstić information content (AvgIpc) is 2.91. The lowest BCUT2D eigenvalue weighted by molar-refractivity contribution is -0.121. The minimum atomic E-state index is -0.276. The first-order valence-electron chi connectivity index (χ1n) is 7.62. The highest BCUT2D eigenvalue weighted by Crippen LogP contribution is 2.38. The lowest BCUT2D eigenvalue weighted by atomic mass is 10.2. The lowest BCUT2D eigenvalue weighted by Gasteiger charge is -2.13. The van der Waals surface area contributed by atoms with Crippen LogP contribution in [0.3, 0.4) is 0 Å². The highest BCUT2D eigenvalue weighted by molar-refractivity contribution is 5.87. The molecule has 1 heterocycles. The van der Waals surface area contributed by atoms with E-state index in [0.29, 0.717) is 22.8 Å². The third kappa shape index (κ3) is 4.28. The van der Waals surface area contributed by atoms with Crippen molar-refractivity contribution in [3.8, 4) is 17.2 Å². The molecule has 1 aromatic heterocycles. The monoisotopic (exact) mass is 346 g/mol. The van der Waals surface area contributed by atoms with Gasteiger partial charge in [-0.05, 0) is 32.0 Å². The van der Waals surface area contributed by atoms with Crippen LogP contribution >= 0.6 is 0 Å². The van der Waals surface area contributed by atoms with Gasteiger partial charge in [0, 0.05) is 11.3 Å². The number of methoxy groups -OCH3 is 3. The van der Waals surface area contributed by atoms with Crippen molar-refractivity contribution in [2.75, 3.05) is 21.3 Å². The summed E-state index contributed by atoms with van der Waals surface area (Å²) in [6, 6.07) is 5.41. The first-order chi connectivity index (χ1) is 12.0. The van der Waals surface area contributed by atoms with Crippen molar-refractivity contribution in [1.82, 2.24) is 15.2 Å². The number of benzene rings is 1. The van der Waals surface area contributed by atoms with Crippen LogP contribution in [-0.4, -0.2) is 43.2 Å². The van der Waals surface area contributed by atoms with Crippen molar-refractivity contribution >= 4 is 12.1 Å². The van der Waals surface area contributed by atoms with Crippen LogP contribution in [0.1, 0.15) is 17.0 Å². The molecule has 0 aliphatic heterocycles. The molecular weight excluding hydrogens is 324 g/mol. The Hall–Kier alpha value is -3.03. The van der Waals surface area contributed by atoms with Crippen molar-refractivity contribution in [3.05, 3.63) is 35.2 Å². The van der Waals surface area contributed by atoms with Crippen molar-refractivity contribution in [2.24, 2.45) is 5.10 Å². The molecule has 2 aromatic rings. The Morgan fingerprint density at radius 3 is 2.48 bits per heavy atom. The zero-order valence-corrected chi connectivity index (χ0v) is 15.0. The second-order valence-electron chi connectivity index (χ2n) is 5.30. The van der Waals surface area contributed by atoms with Crippen LogP contribution < -0.4 is 19.6 Å². The maximum Gasteiger partial charge on any atom is 0.261 e. The molecule has 2 rings (SSSR count). The van der Waals surface area contributed by atoms with Gasteiger partial charge in [-0.25, -0.2) is 5.43 Å². The van der Waals surface area contributed by atoms with Crippen LogP contribution in [0.25, 0.3) is 0 Å². The molecule has 0 atom stereocenters. The average molecular weight is 346 g/mol. The molecule has 1 N–H and O–H groups in total. The number of nitrogens with one attached hydrogen (secondary N) is 1. The molecule has 0 saturated heterocycles. The van der Waals surface area contributed by atoms with Gasteiger partial charge in [0.25, 0.3) is 5.91 Å². The number of hydrogen-bond acceptors (Lipinski definition) is 6. The fraction of sp³-hybridized carbons (Fsp3) is 0.353. The Morgan fingerprint density at radius 1 is 1.20 bits per heavy atom. The largest absolute Gasteiger partial charge is 0.493 e. The Kier molecular flexibility index (Phi) is 5.99. The lowest BCUT2D eigenvalue weighted by Crippen LogP contribution is -2.24. The number of hydrogen-bond donors (Lipinski definition) is 1. The van der Waals surface area contributed by atoms with Gasteiger partial charge in [-0.3, -0.25) is 9.48 Å². The van der Waals surface area contributed by atoms with Gasteiger partial charge in [0.05, 0.1) is 33.2 Å². The number of rotatable bonds is 7. The summed E-state index contributed by atoms with van der Waals surface area (Å²) in [7, 11) is 4.60. The van der Waals surface area contributed by atoms with Crippen LogP contribution in [-0.2, 0) is 11.3 Å². The number of aromatic nitrogens is 2. The van der Waals surface area contributed by atoms with E-state index in [1.54, 1.807) is 23.9 Å². The van der Waals surface area contributed by atoms with E-state index in [9.17, 15) is 4.79 Å². The fourth-order valence-corrected chi connectivity index (χ4v) is 2.41. The predicted molar refractivity (Wildman–Crippen MR) is 93.5 cm³/mol. The van der Waals surface area contributed by atoms with Crippen molar-refractivity contribution in [1.29, 1.82) is 0 Å². The van der Waals surface area contributed by atoms with E-state index < -0.39 is 0 Å². The Balaban J connectivity index is 2.09. The number of amides is 1. The van der Waals surface area contributed by atoms with Gasteiger partial charge in [-0.15, -0.1) is 0 Å². The van der Waals surface area contributed by atoms with E-state index in [0.717, 1.165) is 11.4 Å². The predicted octanol–water partition coefficient (Wildman–Crippen LogP) is 1.68. The molecule has 8 nitrogen and oxygen atoms in total. The summed E-state index contributed by atoms with van der Waals surface area (Å²) in [5, 5.41) is 8.21. The van der Waals surface area contributed by atoms with Crippen molar-refractivity contribution in [2.45, 2.75) is 20.4 Å². The molecule has 0 aliphatic rings. The maximum atomic E-state index is 12.0. The molecule has 1 aromatic carbocycles. The van der Waals surface area contributed by atoms with E-state index in [4.69, 9.17) is 14.2 Å². The Bertz CT molecular complexity index is 783. The first kappa shape index (κ1) is 18.3. The van der Waals surface area contributed by atoms with Crippen LogP contribution in [0.2, 0.25) is 0 Å². The maximum absolute atomic E-state index is 12.0. The normalized spacial score (nSPS) is 10.8. The molecular formula is C17H22N4O4. The molecule has 134 valence electrons. The standard InChI is InChI=1S/C17H22N4O4/c1-11-8-12(2)21(20-11)10-15(22)19-18-9-13-6-7-14(23-3)17(25-5)16(13)24-4/h6-9H,10H2,1-5H3,(H,19,22)/b18-9+. The van der Waals surface area contributed by atoms with Crippen LogP contribution in [0, 0.1) is 13.8 Å². The smallest absolute Gasteiger partial charge is 0.261 e. The fourth-order valence-electron chi connectivity index (χ4n) is 2.41. The van der Waals surface area contributed by atoms with Crippen LogP contribution in [0.15, 0.2) is 23.3 Å². The number of carbonyl (C=O) groups is 1. The summed E-state index contributed by atoms with van der Waals surface area (Å²) < 4.78 is 17.5. The van der Waals surface area contributed by atoms with Gasteiger partial charge < -0.3 is 14.2 Å². The van der Waals surface area contributed by atoms with Gasteiger partial charge in [-0.2, -0.15) is 10.2 Å². The Labute approximate surface area is 146 Å². The van der Waals surface area contributed by atoms with Gasteiger partial charge >= 0.3 is 0 Å². The van der Waals surface area contributed by atoms with Gasteiger partial charge in [-0.1, -0.05) is 0 Å². The summed E-state index contributed by atoms with van der Waals surface area (Å²) in [5.74, 6) is 1.20. The highest BCUT2D eigenvalue weighted by atomic mass is 16.5. The molecule has 0 bridgehead atoms. The van der Waals surface area contributed by atoms with Crippen molar-refractivity contribution in [3.63, 3.8) is 0 Å². The molecule has 0 unspecified atom stereocenters. The molecule has 0 radical (unpaired) electrons. The van der Waals surface area contributed by atoms with Gasteiger partial charge in [0.2, 0.25) is 5.75 Å². The van der Waals surface area contributed by atoms with E-state index in [2.05, 4.69) is 15.6 Å². The SMILES string of the molecule is COc1ccc(/C=N/NC(=O)Cn2nc(C)cc2C)c(OC)c1OC. The Morgan fingerprint density at radius 2 is 1.92 bits per heavy atom. The summed E-state index contributed by atoms with van der Waals surface area (Å²) in [6.45, 7) is 3.87. The molecule has 0 spiro atoms. The first-order valence-corrected chi connectivity index (χ1v) is 7.62. The van der Waals surface area contributed by atoms with Crippen LogP contribution in [0.4, 0.5) is 0 Å². The summed E-state index contributed by atoms with van der Waals surface area (Å²) >= 11 is 0. The second-order valence-corrected chi connectivity index (χ2v) is 5.30. The zero-order valence-electron chi connectivity index (χ0n) is 15.0. The summed E-state index contributed by atoms with van der Waals surface area (Å²) in [4.78, 5) is 12.0. The highest BCUT2D eigenvalue weighted by Gasteiger charge is 2.14. The molecule has 25 heavy (non-hydrogen) atoms. The third-order valence-electron chi connectivity index (χ3n) is 3.52. The number of nitrogens with zero attached hydrogens (tertiary/aromatic N) is 3. The number of carbonyl (C=O) groups excluding carboxylic acids is 1. The third-order valence-corrected chi connectivity index (χ3v) is 3.52. The zero-order chi connectivity index (χ0) is 18.4. The molecule has 0 saturated carbocycles. The number of aryl methyl sites for hydroxylation is 2. The number of ether oxygens (including phenoxy) is 3. The minimum absolute atomic E-state index is 0.0973. The molecule has 0 fully saturated rings.